The van der Waals surface area contributed by atoms with Crippen molar-refractivity contribution in [3.63, 3.8) is 0 Å². The molecule has 0 heterocycles. The van der Waals surface area contributed by atoms with Crippen LogP contribution >= 0.6 is 12.6 Å². The lowest BCUT2D eigenvalue weighted by atomic mass is 9.95. The Labute approximate surface area is 108 Å². The molecule has 0 aromatic heterocycles. The second kappa shape index (κ2) is 9.22. The van der Waals surface area contributed by atoms with Gasteiger partial charge in [0.15, 0.2) is 5.12 Å². The molecule has 1 unspecified atom stereocenters. The Morgan fingerprint density at radius 1 is 1.24 bits per heavy atom. The summed E-state index contributed by atoms with van der Waals surface area (Å²) in [5.74, 6) is -0.470. The van der Waals surface area contributed by atoms with E-state index in [9.17, 15) is 14.4 Å². The molecule has 5 heteroatoms. The summed E-state index contributed by atoms with van der Waals surface area (Å²) in [6.07, 6.45) is 2.60. The van der Waals surface area contributed by atoms with Crippen molar-refractivity contribution in [2.24, 2.45) is 5.92 Å². The minimum atomic E-state index is -0.268. The van der Waals surface area contributed by atoms with Crippen LogP contribution in [-0.4, -0.2) is 23.5 Å². The van der Waals surface area contributed by atoms with Crippen LogP contribution in [-0.2, 0) is 19.1 Å². The van der Waals surface area contributed by atoms with Gasteiger partial charge < -0.3 is 4.74 Å². The number of unbranched alkanes of at least 4 members (excludes halogenated alkanes) is 1. The highest BCUT2D eigenvalue weighted by molar-refractivity contribution is 7.96. The number of Topliss-reactive ketones (excluding diaryl/α,β-unsaturated/α-hetero) is 1. The summed E-state index contributed by atoms with van der Waals surface area (Å²) in [5.41, 5.74) is 0. The number of hydrogen-bond acceptors (Lipinski definition) is 4. The fraction of sp³-hybridized carbons (Fsp3) is 0.750. The first-order valence-corrected chi connectivity index (χ1v) is 6.30. The quantitative estimate of drug-likeness (QED) is 0.392. The molecular weight excluding hydrogens is 240 g/mol. The molecule has 0 radical (unpaired) electrons. The minimum Gasteiger partial charge on any atom is -0.466 e. The lowest BCUT2D eigenvalue weighted by Gasteiger charge is -2.10. The van der Waals surface area contributed by atoms with E-state index < -0.39 is 0 Å². The molecule has 98 valence electrons. The fourth-order valence-corrected chi connectivity index (χ4v) is 1.77. The Morgan fingerprint density at radius 2 is 1.88 bits per heavy atom. The highest BCUT2D eigenvalue weighted by Gasteiger charge is 2.16. The topological polar surface area (TPSA) is 60.4 Å². The molecule has 0 fully saturated rings. The summed E-state index contributed by atoms with van der Waals surface area (Å²) in [6, 6.07) is 0. The molecule has 0 saturated heterocycles. The summed E-state index contributed by atoms with van der Waals surface area (Å²) < 4.78 is 4.79. The molecule has 1 atom stereocenters. The van der Waals surface area contributed by atoms with Gasteiger partial charge in [0.25, 0.3) is 0 Å². The first kappa shape index (κ1) is 16.2. The van der Waals surface area contributed by atoms with Crippen LogP contribution in [0.2, 0.25) is 0 Å². The first-order valence-electron chi connectivity index (χ1n) is 5.85. The van der Waals surface area contributed by atoms with Crippen LogP contribution in [0.4, 0.5) is 0 Å². The van der Waals surface area contributed by atoms with Crippen LogP contribution < -0.4 is 0 Å². The number of thiol groups is 1. The van der Waals surface area contributed by atoms with E-state index in [4.69, 9.17) is 4.74 Å². The van der Waals surface area contributed by atoms with Crippen molar-refractivity contribution in [2.75, 3.05) is 6.61 Å². The van der Waals surface area contributed by atoms with Crippen LogP contribution in [0.3, 0.4) is 0 Å². The molecule has 0 amide bonds. The third-order valence-electron chi connectivity index (χ3n) is 2.48. The molecule has 0 saturated carbocycles. The van der Waals surface area contributed by atoms with Crippen LogP contribution in [0.5, 0.6) is 0 Å². The molecule has 0 aromatic carbocycles. The summed E-state index contributed by atoms with van der Waals surface area (Å²) >= 11 is 3.67. The summed E-state index contributed by atoms with van der Waals surface area (Å²) in [7, 11) is 0. The molecule has 17 heavy (non-hydrogen) atoms. The third kappa shape index (κ3) is 8.92. The molecule has 0 bridgehead atoms. The fourth-order valence-electron chi connectivity index (χ4n) is 1.55. The number of ketones is 1. The number of carbonyl (C=O) groups excluding carboxylic acids is 3. The molecule has 0 spiro atoms. The zero-order valence-electron chi connectivity index (χ0n) is 10.4. The number of carbonyl (C=O) groups is 3. The Morgan fingerprint density at radius 3 is 2.35 bits per heavy atom. The van der Waals surface area contributed by atoms with E-state index >= 15 is 0 Å². The van der Waals surface area contributed by atoms with E-state index in [-0.39, 0.29) is 29.2 Å². The largest absolute Gasteiger partial charge is 0.466 e. The Balaban J connectivity index is 3.79. The Kier molecular flexibility index (Phi) is 8.76. The standard InChI is InChI=1S/C12H20O4S/c1-3-16-11(14)7-5-4-6-10(9(2)13)8-12(15)17/h10H,3-8H2,1-2H3,(H,15,17). The van der Waals surface area contributed by atoms with Crippen molar-refractivity contribution in [2.45, 2.75) is 46.0 Å². The Hall–Kier alpha value is -0.840. The average molecular weight is 260 g/mol. The predicted octanol–water partition coefficient (Wildman–Crippen LogP) is 2.16. The van der Waals surface area contributed by atoms with Crippen LogP contribution in [0.1, 0.15) is 46.0 Å². The van der Waals surface area contributed by atoms with Gasteiger partial charge in [0, 0.05) is 18.8 Å². The molecule has 0 aliphatic carbocycles. The monoisotopic (exact) mass is 260 g/mol. The van der Waals surface area contributed by atoms with Gasteiger partial charge in [-0.2, -0.15) is 0 Å². The molecule has 0 aliphatic heterocycles. The Bertz CT molecular complexity index is 276. The van der Waals surface area contributed by atoms with Crippen molar-refractivity contribution in [1.29, 1.82) is 0 Å². The van der Waals surface area contributed by atoms with E-state index in [1.165, 1.54) is 6.92 Å². The van der Waals surface area contributed by atoms with Crippen LogP contribution in [0, 0.1) is 5.92 Å². The molecule has 0 aromatic rings. The van der Waals surface area contributed by atoms with Crippen molar-refractivity contribution in [1.82, 2.24) is 0 Å². The van der Waals surface area contributed by atoms with E-state index in [1.807, 2.05) is 0 Å². The molecular formula is C12H20O4S. The number of rotatable bonds is 9. The normalized spacial score (nSPS) is 11.9. The van der Waals surface area contributed by atoms with Gasteiger partial charge in [-0.25, -0.2) is 0 Å². The lowest BCUT2D eigenvalue weighted by Crippen LogP contribution is -2.14. The molecule has 0 N–H and O–H groups in total. The van der Waals surface area contributed by atoms with Crippen LogP contribution in [0.15, 0.2) is 0 Å². The minimum absolute atomic E-state index is 0.00327. The predicted molar refractivity (Wildman–Crippen MR) is 67.9 cm³/mol. The zero-order chi connectivity index (χ0) is 13.3. The molecule has 0 aliphatic rings. The van der Waals surface area contributed by atoms with Gasteiger partial charge in [-0.05, 0) is 26.7 Å². The van der Waals surface area contributed by atoms with Gasteiger partial charge in [0.1, 0.15) is 5.78 Å². The van der Waals surface area contributed by atoms with Gasteiger partial charge in [-0.15, -0.1) is 12.6 Å². The maximum Gasteiger partial charge on any atom is 0.305 e. The number of ether oxygens (including phenoxy) is 1. The van der Waals surface area contributed by atoms with Crippen LogP contribution in [0.25, 0.3) is 0 Å². The summed E-state index contributed by atoms with van der Waals surface area (Å²) in [6.45, 7) is 3.64. The van der Waals surface area contributed by atoms with Gasteiger partial charge in [0.2, 0.25) is 0 Å². The number of hydrogen-bond donors (Lipinski definition) is 1. The van der Waals surface area contributed by atoms with E-state index in [0.717, 1.165) is 6.42 Å². The van der Waals surface area contributed by atoms with E-state index in [1.54, 1.807) is 6.92 Å². The average Bonchev–Trinajstić information content (AvgIpc) is 2.22. The maximum absolute atomic E-state index is 11.2. The smallest absolute Gasteiger partial charge is 0.305 e. The van der Waals surface area contributed by atoms with Crippen molar-refractivity contribution >= 4 is 29.5 Å². The van der Waals surface area contributed by atoms with Gasteiger partial charge in [-0.1, -0.05) is 6.42 Å². The lowest BCUT2D eigenvalue weighted by molar-refractivity contribution is -0.143. The van der Waals surface area contributed by atoms with E-state index in [2.05, 4.69) is 12.6 Å². The van der Waals surface area contributed by atoms with Gasteiger partial charge >= 0.3 is 5.97 Å². The number of esters is 1. The highest BCUT2D eigenvalue weighted by atomic mass is 32.1. The van der Waals surface area contributed by atoms with Crippen molar-refractivity contribution in [3.05, 3.63) is 0 Å². The van der Waals surface area contributed by atoms with Gasteiger partial charge in [0.05, 0.1) is 6.61 Å². The first-order chi connectivity index (χ1) is 7.97. The third-order valence-corrected chi connectivity index (χ3v) is 2.67. The highest BCUT2D eigenvalue weighted by Crippen LogP contribution is 2.16. The summed E-state index contributed by atoms with van der Waals surface area (Å²) in [5, 5.41) is -0.268. The zero-order valence-corrected chi connectivity index (χ0v) is 11.3. The van der Waals surface area contributed by atoms with Crippen molar-refractivity contribution < 1.29 is 19.1 Å². The summed E-state index contributed by atoms with van der Waals surface area (Å²) in [4.78, 5) is 33.1. The van der Waals surface area contributed by atoms with Gasteiger partial charge in [-0.3, -0.25) is 14.4 Å². The molecule has 4 nitrogen and oxygen atoms in total. The van der Waals surface area contributed by atoms with Crippen molar-refractivity contribution in [3.8, 4) is 0 Å². The second-order valence-electron chi connectivity index (χ2n) is 3.96. The maximum atomic E-state index is 11.2. The SMILES string of the molecule is CCOC(=O)CCCCC(CC(=O)S)C(C)=O. The van der Waals surface area contributed by atoms with E-state index in [0.29, 0.717) is 25.9 Å². The molecule has 0 rings (SSSR count). The second-order valence-corrected chi connectivity index (χ2v) is 4.46.